The number of nitrogens with one attached hydrogen (secondary N) is 1. The summed E-state index contributed by atoms with van der Waals surface area (Å²) >= 11 is 6.47. The zero-order chi connectivity index (χ0) is 18.5. The Balaban J connectivity index is 1.52. The van der Waals surface area contributed by atoms with Gasteiger partial charge in [0.1, 0.15) is 15.8 Å². The van der Waals surface area contributed by atoms with Crippen LogP contribution in [0.25, 0.3) is 6.08 Å². The smallest absolute Gasteiger partial charge is 0.266 e. The summed E-state index contributed by atoms with van der Waals surface area (Å²) in [6.45, 7) is 0.356. The number of nitrogens with zero attached hydrogens (tertiary/aromatic N) is 1. The third-order valence-corrected chi connectivity index (χ3v) is 5.03. The molecule has 2 heterocycles. The van der Waals surface area contributed by atoms with Gasteiger partial charge in [-0.2, -0.15) is 0 Å². The van der Waals surface area contributed by atoms with Crippen LogP contribution < -0.4 is 5.32 Å². The molecule has 1 fully saturated rings. The van der Waals surface area contributed by atoms with Crippen LogP contribution in [-0.2, 0) is 9.59 Å². The van der Waals surface area contributed by atoms with Crippen LogP contribution in [0.5, 0.6) is 5.75 Å². The van der Waals surface area contributed by atoms with E-state index in [1.165, 1.54) is 29.0 Å². The van der Waals surface area contributed by atoms with E-state index in [9.17, 15) is 14.7 Å². The Bertz CT molecular complexity index is 862. The number of thioether (sulfide) groups is 1. The molecule has 2 N–H and O–H groups in total. The summed E-state index contributed by atoms with van der Waals surface area (Å²) < 4.78 is 5.68. The molecule has 26 heavy (non-hydrogen) atoms. The normalized spacial score (nSPS) is 15.7. The molecule has 2 amide bonds. The molecule has 1 aliphatic rings. The van der Waals surface area contributed by atoms with Gasteiger partial charge in [0.25, 0.3) is 5.91 Å². The van der Waals surface area contributed by atoms with Crippen LogP contribution in [0.2, 0.25) is 0 Å². The number of carbonyl (C=O) groups excluding carboxylic acids is 2. The minimum absolute atomic E-state index is 0.0147. The minimum atomic E-state index is -0.233. The molecule has 0 saturated carbocycles. The van der Waals surface area contributed by atoms with E-state index in [1.807, 2.05) is 0 Å². The number of amides is 2. The van der Waals surface area contributed by atoms with Crippen LogP contribution in [0.15, 0.2) is 52.0 Å². The first-order valence-corrected chi connectivity index (χ1v) is 9.14. The number of para-hydroxylation sites is 2. The van der Waals surface area contributed by atoms with Gasteiger partial charge in [0, 0.05) is 19.0 Å². The Labute approximate surface area is 159 Å². The molecule has 3 rings (SSSR count). The van der Waals surface area contributed by atoms with E-state index >= 15 is 0 Å². The standard InChI is InChI=1S/C18H16N2O4S2/c21-14-7-2-1-6-13(14)19-16(22)8-3-9-20-17(23)15(26-18(20)25)11-12-5-4-10-24-12/h1-2,4-7,10-11,21H,3,8-9H2,(H,19,22)/b15-11-. The van der Waals surface area contributed by atoms with Crippen molar-refractivity contribution >= 4 is 51.9 Å². The van der Waals surface area contributed by atoms with Gasteiger partial charge in [0.2, 0.25) is 5.91 Å². The molecule has 0 radical (unpaired) electrons. The maximum absolute atomic E-state index is 12.4. The lowest BCUT2D eigenvalue weighted by molar-refractivity contribution is -0.122. The summed E-state index contributed by atoms with van der Waals surface area (Å²) in [5.41, 5.74) is 0.365. The van der Waals surface area contributed by atoms with Crippen LogP contribution in [0.1, 0.15) is 18.6 Å². The molecule has 134 valence electrons. The summed E-state index contributed by atoms with van der Waals surface area (Å²) in [5.74, 6) is 0.189. The molecule has 0 aliphatic carbocycles. The first-order chi connectivity index (χ1) is 12.5. The fraction of sp³-hybridized carbons (Fsp3) is 0.167. The number of carbonyl (C=O) groups is 2. The highest BCUT2D eigenvalue weighted by atomic mass is 32.2. The van der Waals surface area contributed by atoms with Crippen LogP contribution in [0.4, 0.5) is 5.69 Å². The number of anilines is 1. The quantitative estimate of drug-likeness (QED) is 0.447. The topological polar surface area (TPSA) is 82.8 Å². The molecular weight excluding hydrogens is 372 g/mol. The molecule has 1 saturated heterocycles. The molecule has 0 unspecified atom stereocenters. The largest absolute Gasteiger partial charge is 0.506 e. The third-order valence-electron chi connectivity index (χ3n) is 3.65. The highest BCUT2D eigenvalue weighted by molar-refractivity contribution is 8.26. The van der Waals surface area contributed by atoms with E-state index in [-0.39, 0.29) is 24.0 Å². The third kappa shape index (κ3) is 4.33. The van der Waals surface area contributed by atoms with E-state index in [2.05, 4.69) is 5.32 Å². The lowest BCUT2D eigenvalue weighted by atomic mass is 10.2. The highest BCUT2D eigenvalue weighted by Crippen LogP contribution is 2.32. The molecular formula is C18H16N2O4S2. The predicted octanol–water partition coefficient (Wildman–Crippen LogP) is 3.61. The number of hydrogen-bond donors (Lipinski definition) is 2. The van der Waals surface area contributed by atoms with Gasteiger partial charge < -0.3 is 14.8 Å². The molecule has 0 spiro atoms. The Morgan fingerprint density at radius 2 is 2.12 bits per heavy atom. The van der Waals surface area contributed by atoms with Crippen molar-refractivity contribution in [3.05, 3.63) is 53.3 Å². The maximum atomic E-state index is 12.4. The summed E-state index contributed by atoms with van der Waals surface area (Å²) in [7, 11) is 0. The van der Waals surface area contributed by atoms with E-state index in [0.717, 1.165) is 0 Å². The number of hydrogen-bond acceptors (Lipinski definition) is 6. The molecule has 1 aliphatic heterocycles. The number of thiocarbonyl (C=S) groups is 1. The fourth-order valence-corrected chi connectivity index (χ4v) is 3.67. The summed E-state index contributed by atoms with van der Waals surface area (Å²) in [4.78, 5) is 26.4. The predicted molar refractivity (Wildman–Crippen MR) is 105 cm³/mol. The SMILES string of the molecule is O=C(CCCN1C(=O)/C(=C/c2ccco2)SC1=S)Nc1ccccc1O. The second kappa shape index (κ2) is 8.20. The summed E-state index contributed by atoms with van der Waals surface area (Å²) in [5, 5.41) is 12.3. The van der Waals surface area contributed by atoms with Crippen molar-refractivity contribution in [3.63, 3.8) is 0 Å². The van der Waals surface area contributed by atoms with Gasteiger partial charge in [-0.25, -0.2) is 0 Å². The van der Waals surface area contributed by atoms with E-state index in [1.54, 1.807) is 36.4 Å². The van der Waals surface area contributed by atoms with E-state index in [0.29, 0.717) is 33.6 Å². The van der Waals surface area contributed by atoms with Crippen molar-refractivity contribution in [1.82, 2.24) is 4.90 Å². The Hall–Kier alpha value is -2.58. The van der Waals surface area contributed by atoms with Crippen LogP contribution in [0.3, 0.4) is 0 Å². The second-order valence-corrected chi connectivity index (χ2v) is 7.19. The van der Waals surface area contributed by atoms with Gasteiger partial charge >= 0.3 is 0 Å². The number of aromatic hydroxyl groups is 1. The number of rotatable bonds is 6. The van der Waals surface area contributed by atoms with Gasteiger partial charge in [-0.3, -0.25) is 14.5 Å². The van der Waals surface area contributed by atoms with E-state index < -0.39 is 0 Å². The number of furan rings is 1. The van der Waals surface area contributed by atoms with Crippen molar-refractivity contribution in [2.24, 2.45) is 0 Å². The van der Waals surface area contributed by atoms with Gasteiger partial charge in [-0.05, 0) is 30.7 Å². The molecule has 1 aromatic carbocycles. The average Bonchev–Trinajstić information content (AvgIpc) is 3.21. The maximum Gasteiger partial charge on any atom is 0.266 e. The first kappa shape index (κ1) is 18.2. The monoisotopic (exact) mass is 388 g/mol. The van der Waals surface area contributed by atoms with Crippen LogP contribution >= 0.6 is 24.0 Å². The zero-order valence-electron chi connectivity index (χ0n) is 13.7. The van der Waals surface area contributed by atoms with E-state index in [4.69, 9.17) is 16.6 Å². The fourth-order valence-electron chi connectivity index (χ4n) is 2.39. The Morgan fingerprint density at radius 1 is 1.31 bits per heavy atom. The van der Waals surface area contributed by atoms with Crippen molar-refractivity contribution in [2.45, 2.75) is 12.8 Å². The van der Waals surface area contributed by atoms with Gasteiger partial charge in [-0.1, -0.05) is 36.1 Å². The number of phenolic OH excluding ortho intramolecular Hbond substituents is 1. The first-order valence-electron chi connectivity index (χ1n) is 7.91. The number of benzene rings is 1. The molecule has 0 atom stereocenters. The van der Waals surface area contributed by atoms with Crippen LogP contribution in [-0.4, -0.2) is 32.7 Å². The number of phenols is 1. The lowest BCUT2D eigenvalue weighted by Crippen LogP contribution is -2.29. The lowest BCUT2D eigenvalue weighted by Gasteiger charge is -2.14. The van der Waals surface area contributed by atoms with Crippen molar-refractivity contribution in [2.75, 3.05) is 11.9 Å². The summed E-state index contributed by atoms with van der Waals surface area (Å²) in [6, 6.07) is 10.0. The average molecular weight is 388 g/mol. The minimum Gasteiger partial charge on any atom is -0.506 e. The van der Waals surface area contributed by atoms with Gasteiger partial charge in [-0.15, -0.1) is 0 Å². The van der Waals surface area contributed by atoms with Crippen LogP contribution in [0, 0.1) is 0 Å². The molecule has 0 bridgehead atoms. The van der Waals surface area contributed by atoms with Gasteiger partial charge in [0.15, 0.2) is 0 Å². The highest BCUT2D eigenvalue weighted by Gasteiger charge is 2.31. The van der Waals surface area contributed by atoms with Gasteiger partial charge in [0.05, 0.1) is 16.9 Å². The zero-order valence-corrected chi connectivity index (χ0v) is 15.3. The molecule has 6 nitrogen and oxygen atoms in total. The summed E-state index contributed by atoms with van der Waals surface area (Å²) in [6.07, 6.45) is 3.86. The molecule has 2 aromatic rings. The molecule has 1 aromatic heterocycles. The Kier molecular flexibility index (Phi) is 5.75. The van der Waals surface area contributed by atoms with Crippen molar-refractivity contribution in [1.29, 1.82) is 0 Å². The van der Waals surface area contributed by atoms with Crippen molar-refractivity contribution in [3.8, 4) is 5.75 Å². The van der Waals surface area contributed by atoms with Crippen molar-refractivity contribution < 1.29 is 19.1 Å². The molecule has 8 heteroatoms. The Morgan fingerprint density at radius 3 is 2.85 bits per heavy atom. The second-order valence-electron chi connectivity index (χ2n) is 5.52.